The van der Waals surface area contributed by atoms with Crippen molar-refractivity contribution in [1.29, 1.82) is 0 Å². The first-order chi connectivity index (χ1) is 8.54. The average molecular weight is 250 g/mol. The van der Waals surface area contributed by atoms with E-state index in [1.165, 1.54) is 0 Å². The maximum absolute atomic E-state index is 11.9. The number of nitrogens with one attached hydrogen (secondary N) is 1. The van der Waals surface area contributed by atoms with Gasteiger partial charge in [-0.25, -0.2) is 0 Å². The Bertz CT molecular complexity index is 403. The summed E-state index contributed by atoms with van der Waals surface area (Å²) in [4.78, 5) is 11.9. The van der Waals surface area contributed by atoms with E-state index in [9.17, 15) is 4.79 Å². The molecule has 0 heterocycles. The Hall–Kier alpha value is -1.71. The highest BCUT2D eigenvalue weighted by atomic mass is 16.5. The van der Waals surface area contributed by atoms with Crippen molar-refractivity contribution in [2.24, 2.45) is 5.92 Å². The van der Waals surface area contributed by atoms with Gasteiger partial charge in [0.15, 0.2) is 0 Å². The first-order valence-corrected chi connectivity index (χ1v) is 6.26. The number of hydrogen-bond donors (Lipinski definition) is 2. The minimum atomic E-state index is -0.126. The van der Waals surface area contributed by atoms with Gasteiger partial charge in [0.05, 0.1) is 12.7 Å². The second-order valence-corrected chi connectivity index (χ2v) is 4.75. The van der Waals surface area contributed by atoms with Gasteiger partial charge in [-0.05, 0) is 30.9 Å². The highest BCUT2D eigenvalue weighted by molar-refractivity contribution is 5.99. The normalized spacial score (nSPS) is 10.4. The lowest BCUT2D eigenvalue weighted by Crippen LogP contribution is -2.25. The number of nitrogens with two attached hydrogens (primary N) is 1. The zero-order valence-corrected chi connectivity index (χ0v) is 11.3. The number of methoxy groups -OCH3 is 1. The molecule has 3 N–H and O–H groups in total. The van der Waals surface area contributed by atoms with Crippen LogP contribution in [0.2, 0.25) is 0 Å². The number of amides is 1. The maximum atomic E-state index is 11.9. The molecule has 0 radical (unpaired) electrons. The van der Waals surface area contributed by atoms with Crippen molar-refractivity contribution in [2.45, 2.75) is 26.7 Å². The highest BCUT2D eigenvalue weighted by Crippen LogP contribution is 2.19. The number of carbonyl (C=O) groups is 1. The zero-order valence-electron chi connectivity index (χ0n) is 11.3. The molecule has 4 heteroatoms. The minimum absolute atomic E-state index is 0.126. The molecule has 0 atom stereocenters. The van der Waals surface area contributed by atoms with Crippen molar-refractivity contribution in [1.82, 2.24) is 5.32 Å². The summed E-state index contributed by atoms with van der Waals surface area (Å²) < 4.78 is 5.04. The van der Waals surface area contributed by atoms with Crippen LogP contribution in [0.3, 0.4) is 0 Å². The predicted octanol–water partition coefficient (Wildman–Crippen LogP) is 2.44. The molecule has 18 heavy (non-hydrogen) atoms. The van der Waals surface area contributed by atoms with E-state index in [0.29, 0.717) is 29.5 Å². The van der Waals surface area contributed by atoms with Crippen LogP contribution < -0.4 is 15.8 Å². The lowest BCUT2D eigenvalue weighted by atomic mass is 10.1. The predicted molar refractivity (Wildman–Crippen MR) is 73.8 cm³/mol. The van der Waals surface area contributed by atoms with Crippen molar-refractivity contribution in [3.8, 4) is 5.75 Å². The Labute approximate surface area is 109 Å². The van der Waals surface area contributed by atoms with Gasteiger partial charge in [0.2, 0.25) is 0 Å². The summed E-state index contributed by atoms with van der Waals surface area (Å²) >= 11 is 0. The second-order valence-electron chi connectivity index (χ2n) is 4.75. The molecule has 0 unspecified atom stereocenters. The molecule has 1 aromatic carbocycles. The Morgan fingerprint density at radius 3 is 2.72 bits per heavy atom. The third-order valence-corrected chi connectivity index (χ3v) is 2.75. The van der Waals surface area contributed by atoms with Crippen molar-refractivity contribution >= 4 is 11.6 Å². The highest BCUT2D eigenvalue weighted by Gasteiger charge is 2.09. The van der Waals surface area contributed by atoms with Crippen LogP contribution in [-0.2, 0) is 0 Å². The third-order valence-electron chi connectivity index (χ3n) is 2.75. The zero-order chi connectivity index (χ0) is 13.5. The van der Waals surface area contributed by atoms with Crippen LogP contribution in [0.4, 0.5) is 5.69 Å². The molecule has 0 spiro atoms. The van der Waals surface area contributed by atoms with E-state index in [1.54, 1.807) is 25.3 Å². The van der Waals surface area contributed by atoms with Crippen LogP contribution in [0.25, 0.3) is 0 Å². The fourth-order valence-corrected chi connectivity index (χ4v) is 1.68. The van der Waals surface area contributed by atoms with Crippen LogP contribution in [-0.4, -0.2) is 19.6 Å². The molecule has 0 saturated heterocycles. The van der Waals surface area contributed by atoms with E-state index in [2.05, 4.69) is 19.2 Å². The Balaban J connectivity index is 2.51. The summed E-state index contributed by atoms with van der Waals surface area (Å²) in [7, 11) is 1.57. The van der Waals surface area contributed by atoms with E-state index in [0.717, 1.165) is 12.8 Å². The first kappa shape index (κ1) is 14.4. The maximum Gasteiger partial charge on any atom is 0.253 e. The van der Waals surface area contributed by atoms with Gasteiger partial charge < -0.3 is 15.8 Å². The van der Waals surface area contributed by atoms with Crippen LogP contribution in [0.15, 0.2) is 18.2 Å². The van der Waals surface area contributed by atoms with Gasteiger partial charge in [0.25, 0.3) is 5.91 Å². The average Bonchev–Trinajstić information content (AvgIpc) is 2.33. The number of nitrogen functional groups attached to an aromatic ring is 1. The minimum Gasteiger partial charge on any atom is -0.497 e. The van der Waals surface area contributed by atoms with Gasteiger partial charge in [0.1, 0.15) is 5.75 Å². The Kier molecular flexibility index (Phi) is 5.49. The van der Waals surface area contributed by atoms with E-state index >= 15 is 0 Å². The summed E-state index contributed by atoms with van der Waals surface area (Å²) in [6, 6.07) is 5.08. The summed E-state index contributed by atoms with van der Waals surface area (Å²) in [6.07, 6.45) is 2.10. The number of ether oxygens (including phenoxy) is 1. The SMILES string of the molecule is COc1ccc(C(=O)NCCCC(C)C)c(N)c1. The first-order valence-electron chi connectivity index (χ1n) is 6.26. The van der Waals surface area contributed by atoms with Gasteiger partial charge in [-0.1, -0.05) is 13.8 Å². The van der Waals surface area contributed by atoms with Crippen molar-refractivity contribution < 1.29 is 9.53 Å². The molecule has 1 rings (SSSR count). The second kappa shape index (κ2) is 6.89. The fourth-order valence-electron chi connectivity index (χ4n) is 1.68. The van der Waals surface area contributed by atoms with Gasteiger partial charge in [-0.2, -0.15) is 0 Å². The van der Waals surface area contributed by atoms with Crippen molar-refractivity contribution in [2.75, 3.05) is 19.4 Å². The van der Waals surface area contributed by atoms with Crippen LogP contribution in [0.5, 0.6) is 5.75 Å². The molecule has 0 aliphatic carbocycles. The molecule has 0 aromatic heterocycles. The molecule has 0 aliphatic rings. The smallest absolute Gasteiger partial charge is 0.253 e. The van der Waals surface area contributed by atoms with Gasteiger partial charge in [0, 0.05) is 18.3 Å². The third kappa shape index (κ3) is 4.28. The number of hydrogen-bond acceptors (Lipinski definition) is 3. The molecular weight excluding hydrogens is 228 g/mol. The summed E-state index contributed by atoms with van der Waals surface area (Å²) in [6.45, 7) is 5.02. The number of benzene rings is 1. The molecule has 0 fully saturated rings. The fraction of sp³-hybridized carbons (Fsp3) is 0.500. The molecule has 0 aliphatic heterocycles. The molecule has 4 nitrogen and oxygen atoms in total. The monoisotopic (exact) mass is 250 g/mol. The summed E-state index contributed by atoms with van der Waals surface area (Å²) in [5.41, 5.74) is 6.75. The summed E-state index contributed by atoms with van der Waals surface area (Å²) in [5, 5.41) is 2.87. The van der Waals surface area contributed by atoms with Gasteiger partial charge >= 0.3 is 0 Å². The Morgan fingerprint density at radius 2 is 2.17 bits per heavy atom. The quantitative estimate of drug-likeness (QED) is 0.602. The lowest BCUT2D eigenvalue weighted by Gasteiger charge is -2.09. The molecule has 0 saturated carbocycles. The Morgan fingerprint density at radius 1 is 1.44 bits per heavy atom. The lowest BCUT2D eigenvalue weighted by molar-refractivity contribution is 0.0953. The van der Waals surface area contributed by atoms with Gasteiger partial charge in [-0.15, -0.1) is 0 Å². The number of rotatable bonds is 6. The molecular formula is C14H22N2O2. The molecule has 100 valence electrons. The van der Waals surface area contributed by atoms with E-state index in [-0.39, 0.29) is 5.91 Å². The number of carbonyl (C=O) groups excluding carboxylic acids is 1. The van der Waals surface area contributed by atoms with Crippen molar-refractivity contribution in [3.05, 3.63) is 23.8 Å². The topological polar surface area (TPSA) is 64.3 Å². The van der Waals surface area contributed by atoms with Gasteiger partial charge in [-0.3, -0.25) is 4.79 Å². The summed E-state index contributed by atoms with van der Waals surface area (Å²) in [5.74, 6) is 1.19. The van der Waals surface area contributed by atoms with E-state index in [4.69, 9.17) is 10.5 Å². The van der Waals surface area contributed by atoms with Crippen LogP contribution >= 0.6 is 0 Å². The largest absolute Gasteiger partial charge is 0.497 e. The molecule has 1 amide bonds. The van der Waals surface area contributed by atoms with Crippen molar-refractivity contribution in [3.63, 3.8) is 0 Å². The molecule has 0 bridgehead atoms. The molecule has 1 aromatic rings. The standard InChI is InChI=1S/C14H22N2O2/c1-10(2)5-4-8-16-14(17)12-7-6-11(18-3)9-13(12)15/h6-7,9-10H,4-5,8,15H2,1-3H3,(H,16,17). The van der Waals surface area contributed by atoms with Crippen LogP contribution in [0.1, 0.15) is 37.0 Å². The van der Waals surface area contributed by atoms with E-state index < -0.39 is 0 Å². The number of anilines is 1. The van der Waals surface area contributed by atoms with E-state index in [1.807, 2.05) is 0 Å². The van der Waals surface area contributed by atoms with Crippen LogP contribution in [0, 0.1) is 5.92 Å².